The van der Waals surface area contributed by atoms with Crippen molar-refractivity contribution in [3.8, 4) is 11.5 Å². The Hall–Kier alpha value is -4.54. The van der Waals surface area contributed by atoms with Gasteiger partial charge in [0.25, 0.3) is 0 Å². The van der Waals surface area contributed by atoms with Crippen molar-refractivity contribution in [2.75, 3.05) is 159 Å². The van der Waals surface area contributed by atoms with E-state index in [0.717, 1.165) is 105 Å². The van der Waals surface area contributed by atoms with E-state index in [4.69, 9.17) is 29.2 Å². The minimum Gasteiger partial charge on any atom is -0.491 e. The van der Waals surface area contributed by atoms with Crippen LogP contribution in [0.5, 0.6) is 11.5 Å². The minimum absolute atomic E-state index is 0. The molecule has 0 aliphatic rings. The molecular formula is C50H100N8O12. The number of carboxylic acid groups (broad SMARTS) is 2. The van der Waals surface area contributed by atoms with Crippen LogP contribution < -0.4 is 20.1 Å². The third-order valence-corrected chi connectivity index (χ3v) is 9.88. The minimum atomic E-state index is -1.31. The summed E-state index contributed by atoms with van der Waals surface area (Å²) in [5, 5.41) is 24.8. The van der Waals surface area contributed by atoms with Crippen molar-refractivity contribution in [3.63, 3.8) is 0 Å². The Labute approximate surface area is 424 Å². The van der Waals surface area contributed by atoms with Crippen LogP contribution in [0.25, 0.3) is 0 Å². The van der Waals surface area contributed by atoms with Crippen LogP contribution in [0.2, 0.25) is 0 Å². The number of nitrogens with one attached hydrogen (secondary N) is 2. The van der Waals surface area contributed by atoms with E-state index >= 15 is 0 Å². The fourth-order valence-electron chi connectivity index (χ4n) is 5.95. The number of methoxy groups -OCH3 is 2. The van der Waals surface area contributed by atoms with E-state index in [9.17, 15) is 19.2 Å². The SMILES string of the molecule is C.C.C.C.C.C.CCNCCN(CC)CCN(CC)CCOCCOc1cc(C(=O)O)nc(C(=O)O)c1.CCNCCN(CC)CCN(CC)CCOCCOc1cc(C(=O)OC)nc(C(=O)OC)c1. The molecule has 2 rings (SSSR count). The van der Waals surface area contributed by atoms with Crippen LogP contribution in [0.3, 0.4) is 0 Å². The average molecular weight is 1010 g/mol. The van der Waals surface area contributed by atoms with Crippen LogP contribution in [-0.2, 0) is 18.9 Å². The molecular weight excluding hydrogens is 905 g/mol. The molecule has 20 nitrogen and oxygen atoms in total. The Morgan fingerprint density at radius 3 is 1.04 bits per heavy atom. The van der Waals surface area contributed by atoms with Crippen LogP contribution in [0.1, 0.15) is 128 Å². The highest BCUT2D eigenvalue weighted by Gasteiger charge is 2.17. The summed E-state index contributed by atoms with van der Waals surface area (Å²) in [6.07, 6.45) is 0. The molecule has 0 amide bonds. The number of aromatic nitrogens is 2. The van der Waals surface area contributed by atoms with Gasteiger partial charge in [-0.2, -0.15) is 0 Å². The maximum absolute atomic E-state index is 11.8. The molecule has 2 aromatic heterocycles. The predicted molar refractivity (Wildman–Crippen MR) is 284 cm³/mol. The first-order valence-corrected chi connectivity index (χ1v) is 22.3. The van der Waals surface area contributed by atoms with Crippen LogP contribution in [-0.4, -0.2) is 222 Å². The molecule has 0 aromatic carbocycles. The van der Waals surface area contributed by atoms with Crippen molar-refractivity contribution in [1.29, 1.82) is 0 Å². The van der Waals surface area contributed by atoms with Gasteiger partial charge in [0.05, 0.1) is 40.6 Å². The number of nitrogens with zero attached hydrogens (tertiary/aromatic N) is 6. The van der Waals surface area contributed by atoms with Crippen molar-refractivity contribution < 1.29 is 57.8 Å². The van der Waals surface area contributed by atoms with Crippen LogP contribution >= 0.6 is 0 Å². The first-order valence-electron chi connectivity index (χ1n) is 22.3. The fraction of sp³-hybridized carbons (Fsp3) is 0.720. The van der Waals surface area contributed by atoms with Crippen molar-refractivity contribution in [2.45, 2.75) is 86.1 Å². The number of carbonyl (C=O) groups is 4. The molecule has 0 unspecified atom stereocenters. The number of ether oxygens (including phenoxy) is 6. The predicted octanol–water partition coefficient (Wildman–Crippen LogP) is 6.25. The van der Waals surface area contributed by atoms with Gasteiger partial charge < -0.3 is 68.9 Å². The third-order valence-electron chi connectivity index (χ3n) is 9.88. The van der Waals surface area contributed by atoms with Crippen molar-refractivity contribution in [1.82, 2.24) is 40.2 Å². The van der Waals surface area contributed by atoms with Crippen LogP contribution in [0.15, 0.2) is 24.3 Å². The maximum Gasteiger partial charge on any atom is 0.356 e. The standard InChI is InChI=1S/C23H40N4O6.C21H36N4O6.6CH4/c1-6-24-9-10-26(7-2)11-12-27(8-3)13-14-32-15-16-33-19-17-20(22(28)30-4)25-21(18-19)23(29)31-5;1-4-22-7-8-24(5-2)9-10-25(6-3)11-12-30-13-14-31-17-15-18(20(26)27)23-19(16-17)21(28)29;;;;;;/h17-18,24H,6-16H2,1-5H3;15-16,22H,4-14H2,1-3H3,(H,26,27)(H,28,29);6*1H4. The van der Waals surface area contributed by atoms with Gasteiger partial charge in [-0.1, -0.05) is 86.1 Å². The molecule has 0 atom stereocenters. The zero-order valence-corrected chi connectivity index (χ0v) is 39.5. The van der Waals surface area contributed by atoms with Gasteiger partial charge in [0, 0.05) is 89.7 Å². The summed E-state index contributed by atoms with van der Waals surface area (Å²) in [7, 11) is 2.48. The molecule has 0 saturated heterocycles. The Bertz CT molecular complexity index is 1540. The molecule has 0 aliphatic carbocycles. The van der Waals surface area contributed by atoms with Gasteiger partial charge in [-0.3, -0.25) is 0 Å². The molecule has 70 heavy (non-hydrogen) atoms. The summed E-state index contributed by atoms with van der Waals surface area (Å²) in [4.78, 5) is 62.8. The number of hydrogen-bond donors (Lipinski definition) is 4. The highest BCUT2D eigenvalue weighted by molar-refractivity contribution is 5.92. The molecule has 0 aliphatic heterocycles. The number of rotatable bonds is 36. The second kappa shape index (κ2) is 48.1. The molecule has 2 aromatic rings. The van der Waals surface area contributed by atoms with Gasteiger partial charge >= 0.3 is 23.9 Å². The molecule has 0 radical (unpaired) electrons. The molecule has 20 heteroatoms. The van der Waals surface area contributed by atoms with Gasteiger partial charge in [-0.25, -0.2) is 29.1 Å². The molecule has 0 fully saturated rings. The van der Waals surface area contributed by atoms with Crippen molar-refractivity contribution in [3.05, 3.63) is 47.0 Å². The molecule has 0 spiro atoms. The molecule has 2 heterocycles. The number of hydrogen-bond acceptors (Lipinski definition) is 18. The lowest BCUT2D eigenvalue weighted by Crippen LogP contribution is -2.39. The number of carboxylic acids is 2. The van der Waals surface area contributed by atoms with Gasteiger partial charge in [0.15, 0.2) is 22.8 Å². The average Bonchev–Trinajstić information content (AvgIpc) is 3.31. The smallest absolute Gasteiger partial charge is 0.356 e. The van der Waals surface area contributed by atoms with Gasteiger partial charge in [-0.05, 0) is 39.3 Å². The molecule has 0 saturated carbocycles. The lowest BCUT2D eigenvalue weighted by atomic mass is 10.2. The quantitative estimate of drug-likeness (QED) is 0.0437. The molecule has 412 valence electrons. The summed E-state index contributed by atoms with van der Waals surface area (Å²) in [6, 6.07) is 5.24. The van der Waals surface area contributed by atoms with Crippen LogP contribution in [0, 0.1) is 0 Å². The van der Waals surface area contributed by atoms with E-state index < -0.39 is 23.9 Å². The lowest BCUT2D eigenvalue weighted by Gasteiger charge is -2.26. The van der Waals surface area contributed by atoms with E-state index in [0.29, 0.717) is 32.2 Å². The number of aromatic carboxylic acids is 2. The van der Waals surface area contributed by atoms with Gasteiger partial charge in [0.2, 0.25) is 0 Å². The first-order chi connectivity index (χ1) is 30.9. The van der Waals surface area contributed by atoms with Crippen molar-refractivity contribution >= 4 is 23.9 Å². The van der Waals surface area contributed by atoms with E-state index in [1.807, 2.05) is 0 Å². The fourth-order valence-corrected chi connectivity index (χ4v) is 5.95. The summed E-state index contributed by atoms with van der Waals surface area (Å²) >= 11 is 0. The number of esters is 2. The van der Waals surface area contributed by atoms with E-state index in [1.54, 1.807) is 0 Å². The second-order valence-electron chi connectivity index (χ2n) is 14.1. The highest BCUT2D eigenvalue weighted by Crippen LogP contribution is 2.17. The van der Waals surface area contributed by atoms with E-state index in [-0.39, 0.29) is 86.3 Å². The zero-order chi connectivity index (χ0) is 47.5. The number of pyridine rings is 2. The normalized spacial score (nSPS) is 10.2. The Balaban J connectivity index is -0.000000270. The van der Waals surface area contributed by atoms with Gasteiger partial charge in [-0.15, -0.1) is 0 Å². The van der Waals surface area contributed by atoms with Crippen molar-refractivity contribution in [2.24, 2.45) is 0 Å². The van der Waals surface area contributed by atoms with E-state index in [1.165, 1.54) is 38.5 Å². The molecule has 0 bridgehead atoms. The van der Waals surface area contributed by atoms with Crippen LogP contribution in [0.4, 0.5) is 0 Å². The Morgan fingerprint density at radius 1 is 0.457 bits per heavy atom. The maximum atomic E-state index is 11.8. The number of likely N-dealkylation sites (N-methyl/N-ethyl adjacent to an activating group) is 6. The topological polar surface area (TPSA) is 227 Å². The summed E-state index contributed by atoms with van der Waals surface area (Å²) in [6.45, 7) is 30.9. The number of carbonyl (C=O) groups excluding carboxylic acids is 2. The van der Waals surface area contributed by atoms with E-state index in [2.05, 4.69) is 91.2 Å². The Kier molecular flexibility index (Phi) is 52.9. The largest absolute Gasteiger partial charge is 0.491 e. The second-order valence-corrected chi connectivity index (χ2v) is 14.1. The lowest BCUT2D eigenvalue weighted by molar-refractivity contribution is 0.0579. The van der Waals surface area contributed by atoms with Gasteiger partial charge in [0.1, 0.15) is 24.7 Å². The summed E-state index contributed by atoms with van der Waals surface area (Å²) in [5.74, 6) is -3.49. The summed E-state index contributed by atoms with van der Waals surface area (Å²) in [5.41, 5.74) is -0.801. The monoisotopic (exact) mass is 1000 g/mol. The summed E-state index contributed by atoms with van der Waals surface area (Å²) < 4.78 is 31.8. The first kappa shape index (κ1) is 76.9. The highest BCUT2D eigenvalue weighted by atomic mass is 16.5. The molecule has 4 N–H and O–H groups in total. The Morgan fingerprint density at radius 2 is 0.757 bits per heavy atom. The zero-order valence-electron chi connectivity index (χ0n) is 39.5. The third kappa shape index (κ3) is 33.9.